The highest BCUT2D eigenvalue weighted by atomic mass is 16.5. The first-order valence-electron chi connectivity index (χ1n) is 5.21. The first-order valence-corrected chi connectivity index (χ1v) is 5.21. The molecule has 2 rings (SSSR count). The fourth-order valence-corrected chi connectivity index (χ4v) is 2.80. The number of hydrogen-bond acceptors (Lipinski definition) is 5. The lowest BCUT2D eigenvalue weighted by atomic mass is 9.70. The molecule has 0 unspecified atom stereocenters. The van der Waals surface area contributed by atoms with Gasteiger partial charge < -0.3 is 15.8 Å². The highest BCUT2D eigenvalue weighted by Gasteiger charge is 2.59. The fourth-order valence-electron chi connectivity index (χ4n) is 2.80. The molecule has 0 aliphatic carbocycles. The molecule has 0 aromatic heterocycles. The molecule has 0 amide bonds. The number of hydrogen-bond donors (Lipinski definition) is 4. The minimum atomic E-state index is -1.06. The molecule has 1 spiro atoms. The Balaban J connectivity index is 2.29. The van der Waals surface area contributed by atoms with Gasteiger partial charge in [-0.3, -0.25) is 11.5 Å². The summed E-state index contributed by atoms with van der Waals surface area (Å²) in [5, 5.41) is 3.29. The summed E-state index contributed by atoms with van der Waals surface area (Å²) in [7, 11) is 0. The van der Waals surface area contributed by atoms with E-state index in [-0.39, 0.29) is 17.6 Å². The van der Waals surface area contributed by atoms with Gasteiger partial charge in [-0.25, -0.2) is 0 Å². The number of nitrogens with two attached hydrogens (primary N) is 3. The van der Waals surface area contributed by atoms with Crippen LogP contribution in [0.5, 0.6) is 0 Å². The average molecular weight is 200 g/mol. The molecule has 14 heavy (non-hydrogen) atoms. The third-order valence-corrected chi connectivity index (χ3v) is 3.80. The van der Waals surface area contributed by atoms with E-state index in [0.717, 1.165) is 25.9 Å². The number of rotatable bonds is 0. The maximum Gasteiger partial charge on any atom is 0.177 e. The van der Waals surface area contributed by atoms with Gasteiger partial charge in [-0.2, -0.15) is 0 Å². The zero-order chi connectivity index (χ0) is 10.4. The second kappa shape index (κ2) is 3.15. The predicted octanol–water partition coefficient (Wildman–Crippen LogP) is -1.33. The van der Waals surface area contributed by atoms with Gasteiger partial charge in [0, 0.05) is 11.5 Å². The van der Waals surface area contributed by atoms with Crippen LogP contribution in [-0.4, -0.2) is 31.1 Å². The molecular formula is C9H20N4O. The molecule has 0 radical (unpaired) electrons. The van der Waals surface area contributed by atoms with Crippen LogP contribution in [0.3, 0.4) is 0 Å². The van der Waals surface area contributed by atoms with Crippen molar-refractivity contribution >= 4 is 0 Å². The summed E-state index contributed by atoms with van der Waals surface area (Å²) in [4.78, 5) is 0. The van der Waals surface area contributed by atoms with Crippen LogP contribution < -0.4 is 22.5 Å². The van der Waals surface area contributed by atoms with Gasteiger partial charge in [0.25, 0.3) is 0 Å². The van der Waals surface area contributed by atoms with E-state index in [1.807, 2.05) is 6.92 Å². The van der Waals surface area contributed by atoms with Crippen LogP contribution in [0.15, 0.2) is 0 Å². The van der Waals surface area contributed by atoms with Gasteiger partial charge in [0.15, 0.2) is 5.85 Å². The van der Waals surface area contributed by atoms with Gasteiger partial charge in [-0.15, -0.1) is 0 Å². The monoisotopic (exact) mass is 200 g/mol. The molecule has 0 aromatic rings. The lowest BCUT2D eigenvalue weighted by Crippen LogP contribution is -2.66. The molecule has 7 N–H and O–H groups in total. The quantitative estimate of drug-likeness (QED) is 0.363. The molecule has 2 aliphatic rings. The Morgan fingerprint density at radius 3 is 2.29 bits per heavy atom. The van der Waals surface area contributed by atoms with E-state index in [1.165, 1.54) is 0 Å². The van der Waals surface area contributed by atoms with Crippen LogP contribution in [0.1, 0.15) is 19.8 Å². The van der Waals surface area contributed by atoms with Crippen LogP contribution in [0.25, 0.3) is 0 Å². The zero-order valence-corrected chi connectivity index (χ0v) is 8.62. The van der Waals surface area contributed by atoms with Crippen molar-refractivity contribution in [1.82, 2.24) is 5.32 Å². The normalized spacial score (nSPS) is 40.3. The number of piperidine rings is 1. The Bertz CT molecular complexity index is 225. The van der Waals surface area contributed by atoms with Gasteiger partial charge in [0.05, 0.1) is 6.10 Å². The minimum absolute atomic E-state index is 0.0527. The lowest BCUT2D eigenvalue weighted by molar-refractivity contribution is -0.0854. The highest BCUT2D eigenvalue weighted by Crippen LogP contribution is 2.46. The topological polar surface area (TPSA) is 99.3 Å². The fraction of sp³-hybridized carbons (Fsp3) is 1.00. The molecule has 2 atom stereocenters. The molecular weight excluding hydrogens is 180 g/mol. The van der Waals surface area contributed by atoms with Crippen molar-refractivity contribution in [1.29, 1.82) is 0 Å². The summed E-state index contributed by atoms with van der Waals surface area (Å²) >= 11 is 0. The van der Waals surface area contributed by atoms with Crippen molar-refractivity contribution in [3.8, 4) is 0 Å². The van der Waals surface area contributed by atoms with E-state index in [4.69, 9.17) is 21.9 Å². The molecule has 0 aromatic carbocycles. The van der Waals surface area contributed by atoms with Crippen LogP contribution >= 0.6 is 0 Å². The standard InChI is InChI=1S/C9H20N4O/c1-6-7(10)8(9(11,12)14-6)2-4-13-5-3-8/h6-7,13H,2-5,10-12H2,1H3/t6-,7+/m0/s1. The van der Waals surface area contributed by atoms with Crippen molar-refractivity contribution in [2.24, 2.45) is 22.6 Å². The molecule has 2 fully saturated rings. The average Bonchev–Trinajstić information content (AvgIpc) is 2.30. The lowest BCUT2D eigenvalue weighted by Gasteiger charge is -2.44. The Morgan fingerprint density at radius 1 is 1.29 bits per heavy atom. The molecule has 0 bridgehead atoms. The van der Waals surface area contributed by atoms with Gasteiger partial charge >= 0.3 is 0 Å². The van der Waals surface area contributed by atoms with Crippen molar-refractivity contribution in [2.75, 3.05) is 13.1 Å². The summed E-state index contributed by atoms with van der Waals surface area (Å²) in [6.45, 7) is 3.77. The third-order valence-electron chi connectivity index (χ3n) is 3.80. The van der Waals surface area contributed by atoms with Crippen LogP contribution in [0, 0.1) is 5.41 Å². The second-order valence-corrected chi connectivity index (χ2v) is 4.55. The summed E-state index contributed by atoms with van der Waals surface area (Å²) in [6, 6.07) is -0.0559. The number of nitrogens with one attached hydrogen (secondary N) is 1. The minimum Gasteiger partial charge on any atom is -0.342 e. The highest BCUT2D eigenvalue weighted by molar-refractivity contribution is 5.09. The maximum absolute atomic E-state index is 6.15. The van der Waals surface area contributed by atoms with Crippen molar-refractivity contribution in [3.05, 3.63) is 0 Å². The summed E-state index contributed by atoms with van der Waals surface area (Å²) in [5.41, 5.74) is 17.9. The third kappa shape index (κ3) is 1.20. The largest absolute Gasteiger partial charge is 0.342 e. The molecule has 2 saturated heterocycles. The Labute approximate surface area is 84.3 Å². The predicted molar refractivity (Wildman–Crippen MR) is 54.2 cm³/mol. The summed E-state index contributed by atoms with van der Waals surface area (Å²) in [5.74, 6) is -1.06. The number of ether oxygens (including phenoxy) is 1. The SMILES string of the molecule is C[C@@H]1OC(N)(N)C2(CCNCC2)[C@@H]1N. The Hall–Kier alpha value is -0.200. The Morgan fingerprint density at radius 2 is 1.86 bits per heavy atom. The smallest absolute Gasteiger partial charge is 0.177 e. The van der Waals surface area contributed by atoms with Crippen molar-refractivity contribution < 1.29 is 4.74 Å². The van der Waals surface area contributed by atoms with Crippen molar-refractivity contribution in [2.45, 2.75) is 37.8 Å². The van der Waals surface area contributed by atoms with E-state index < -0.39 is 5.85 Å². The van der Waals surface area contributed by atoms with E-state index in [9.17, 15) is 0 Å². The van der Waals surface area contributed by atoms with E-state index in [1.54, 1.807) is 0 Å². The zero-order valence-electron chi connectivity index (χ0n) is 8.62. The molecule has 5 nitrogen and oxygen atoms in total. The van der Waals surface area contributed by atoms with E-state index >= 15 is 0 Å². The first-order chi connectivity index (χ1) is 6.50. The van der Waals surface area contributed by atoms with Gasteiger partial charge in [0.2, 0.25) is 0 Å². The van der Waals surface area contributed by atoms with Gasteiger partial charge in [0.1, 0.15) is 0 Å². The van der Waals surface area contributed by atoms with Crippen LogP contribution in [0.2, 0.25) is 0 Å². The summed E-state index contributed by atoms with van der Waals surface area (Å²) < 4.78 is 5.56. The van der Waals surface area contributed by atoms with Crippen LogP contribution in [0.4, 0.5) is 0 Å². The van der Waals surface area contributed by atoms with Gasteiger partial charge in [-0.1, -0.05) is 0 Å². The van der Waals surface area contributed by atoms with E-state index in [2.05, 4.69) is 5.32 Å². The van der Waals surface area contributed by atoms with Crippen LogP contribution in [-0.2, 0) is 4.74 Å². The second-order valence-electron chi connectivity index (χ2n) is 4.55. The first kappa shape index (κ1) is 10.3. The van der Waals surface area contributed by atoms with E-state index in [0.29, 0.717) is 0 Å². The summed E-state index contributed by atoms with van der Waals surface area (Å²) in [6.07, 6.45) is 1.74. The molecule has 5 heteroatoms. The van der Waals surface area contributed by atoms with Gasteiger partial charge in [-0.05, 0) is 32.9 Å². The maximum atomic E-state index is 6.15. The molecule has 82 valence electrons. The van der Waals surface area contributed by atoms with Crippen molar-refractivity contribution in [3.63, 3.8) is 0 Å². The molecule has 2 aliphatic heterocycles. The molecule has 2 heterocycles. The molecule has 0 saturated carbocycles. The Kier molecular flexibility index (Phi) is 2.32.